The third-order valence-corrected chi connectivity index (χ3v) is 1.43. The van der Waals surface area contributed by atoms with Crippen molar-refractivity contribution >= 4 is 22.2 Å². The van der Waals surface area contributed by atoms with Gasteiger partial charge in [0.1, 0.15) is 0 Å². The van der Waals surface area contributed by atoms with Gasteiger partial charge in [-0.25, -0.2) is 0 Å². The van der Waals surface area contributed by atoms with E-state index < -0.39 is 0 Å². The maximum atomic E-state index is 9.97. The van der Waals surface area contributed by atoms with Crippen molar-refractivity contribution in [1.82, 2.24) is 0 Å². The second kappa shape index (κ2) is 2.31. The number of hydrogen-bond acceptors (Lipinski definition) is 2. The number of carbonyl (C=O) groups is 1. The van der Waals surface area contributed by atoms with Gasteiger partial charge in [-0.1, -0.05) is 15.9 Å². The second-order valence-corrected chi connectivity index (χ2v) is 2.60. The fourth-order valence-corrected chi connectivity index (χ4v) is 0.957. The second-order valence-electron chi connectivity index (χ2n) is 1.58. The van der Waals surface area contributed by atoms with Gasteiger partial charge in [-0.3, -0.25) is 4.79 Å². The monoisotopic (exact) mass is 176 g/mol. The van der Waals surface area contributed by atoms with Crippen LogP contribution in [0.3, 0.4) is 0 Å². The quantitative estimate of drug-likeness (QED) is 0.562. The molecule has 1 aliphatic rings. The predicted octanol–water partition coefficient (Wildman–Crippen LogP) is 1.21. The molecule has 0 radical (unpaired) electrons. The highest BCUT2D eigenvalue weighted by Crippen LogP contribution is 2.20. The SMILES string of the molecule is O=CC1CC(Br)=CO1. The highest BCUT2D eigenvalue weighted by molar-refractivity contribution is 9.11. The van der Waals surface area contributed by atoms with Gasteiger partial charge in [0.05, 0.1) is 6.26 Å². The lowest BCUT2D eigenvalue weighted by Gasteiger charge is -1.96. The van der Waals surface area contributed by atoms with Crippen LogP contribution in [0.4, 0.5) is 0 Å². The van der Waals surface area contributed by atoms with E-state index in [-0.39, 0.29) is 6.10 Å². The summed E-state index contributed by atoms with van der Waals surface area (Å²) in [6, 6.07) is 0. The van der Waals surface area contributed by atoms with Gasteiger partial charge in [0.25, 0.3) is 0 Å². The summed E-state index contributed by atoms with van der Waals surface area (Å²) in [5.41, 5.74) is 0. The van der Waals surface area contributed by atoms with Crippen molar-refractivity contribution in [2.45, 2.75) is 12.5 Å². The molecule has 0 fully saturated rings. The smallest absolute Gasteiger partial charge is 0.160 e. The highest BCUT2D eigenvalue weighted by Gasteiger charge is 2.14. The molecule has 0 saturated carbocycles. The molecule has 1 unspecified atom stereocenters. The molecule has 0 saturated heterocycles. The zero-order valence-electron chi connectivity index (χ0n) is 4.13. The Kier molecular flexibility index (Phi) is 1.68. The van der Waals surface area contributed by atoms with Crippen molar-refractivity contribution in [3.63, 3.8) is 0 Å². The highest BCUT2D eigenvalue weighted by atomic mass is 79.9. The largest absolute Gasteiger partial charge is 0.489 e. The van der Waals surface area contributed by atoms with E-state index in [1.165, 1.54) is 0 Å². The Morgan fingerprint density at radius 1 is 2.00 bits per heavy atom. The van der Waals surface area contributed by atoms with Crippen LogP contribution in [0, 0.1) is 0 Å². The van der Waals surface area contributed by atoms with E-state index >= 15 is 0 Å². The molecule has 0 N–H and O–H groups in total. The summed E-state index contributed by atoms with van der Waals surface area (Å²) in [5, 5.41) is 0. The molecule has 0 amide bonds. The van der Waals surface area contributed by atoms with Gasteiger partial charge in [-0.05, 0) is 0 Å². The van der Waals surface area contributed by atoms with Crippen LogP contribution in [0.25, 0.3) is 0 Å². The Labute approximate surface area is 55.6 Å². The van der Waals surface area contributed by atoms with Gasteiger partial charge in [-0.15, -0.1) is 0 Å². The fourth-order valence-electron chi connectivity index (χ4n) is 0.530. The molecule has 8 heavy (non-hydrogen) atoms. The average Bonchev–Trinajstić information content (AvgIpc) is 2.14. The third kappa shape index (κ3) is 1.10. The Balaban J connectivity index is 2.43. The topological polar surface area (TPSA) is 26.3 Å². The van der Waals surface area contributed by atoms with Gasteiger partial charge < -0.3 is 4.74 Å². The van der Waals surface area contributed by atoms with E-state index in [9.17, 15) is 4.79 Å². The predicted molar refractivity (Wildman–Crippen MR) is 32.6 cm³/mol. The Morgan fingerprint density at radius 2 is 2.75 bits per heavy atom. The average molecular weight is 177 g/mol. The first-order valence-corrected chi connectivity index (χ1v) is 3.07. The van der Waals surface area contributed by atoms with E-state index in [4.69, 9.17) is 4.74 Å². The van der Waals surface area contributed by atoms with E-state index in [0.29, 0.717) is 6.42 Å². The van der Waals surface area contributed by atoms with Crippen LogP contribution in [0.5, 0.6) is 0 Å². The minimum atomic E-state index is -0.246. The molecule has 0 aromatic heterocycles. The van der Waals surface area contributed by atoms with Gasteiger partial charge >= 0.3 is 0 Å². The van der Waals surface area contributed by atoms with Gasteiger partial charge in [0.2, 0.25) is 0 Å². The molecule has 3 heteroatoms. The van der Waals surface area contributed by atoms with Gasteiger partial charge in [-0.2, -0.15) is 0 Å². The lowest BCUT2D eigenvalue weighted by molar-refractivity contribution is -0.114. The van der Waals surface area contributed by atoms with E-state index in [2.05, 4.69) is 15.9 Å². The van der Waals surface area contributed by atoms with E-state index in [0.717, 1.165) is 10.8 Å². The lowest BCUT2D eigenvalue weighted by Crippen LogP contribution is -2.04. The molecule has 0 spiro atoms. The normalized spacial score (nSPS) is 26.6. The molecular formula is C5H5BrO2. The van der Waals surface area contributed by atoms with Crippen LogP contribution in [-0.2, 0) is 9.53 Å². The summed E-state index contributed by atoms with van der Waals surface area (Å²) in [6.07, 6.45) is 2.79. The van der Waals surface area contributed by atoms with Crippen molar-refractivity contribution in [3.8, 4) is 0 Å². The molecule has 2 nitrogen and oxygen atoms in total. The lowest BCUT2D eigenvalue weighted by atomic mass is 10.3. The van der Waals surface area contributed by atoms with Crippen LogP contribution in [0.2, 0.25) is 0 Å². The zero-order chi connectivity index (χ0) is 5.98. The van der Waals surface area contributed by atoms with Crippen LogP contribution in [0.1, 0.15) is 6.42 Å². The van der Waals surface area contributed by atoms with E-state index in [1.807, 2.05) is 0 Å². The molecule has 1 heterocycles. The first-order chi connectivity index (χ1) is 3.83. The molecular weight excluding hydrogens is 172 g/mol. The Morgan fingerprint density at radius 3 is 3.00 bits per heavy atom. The molecule has 44 valence electrons. The summed E-state index contributed by atoms with van der Waals surface area (Å²) < 4.78 is 5.79. The number of aldehydes is 1. The molecule has 0 aliphatic carbocycles. The molecule has 0 aromatic rings. The van der Waals surface area contributed by atoms with Crippen molar-refractivity contribution in [2.24, 2.45) is 0 Å². The molecule has 0 aromatic carbocycles. The van der Waals surface area contributed by atoms with Crippen LogP contribution >= 0.6 is 15.9 Å². The number of ether oxygens (including phenoxy) is 1. The van der Waals surface area contributed by atoms with Gasteiger partial charge in [0, 0.05) is 10.9 Å². The standard InChI is InChI=1S/C5H5BrO2/c6-4-1-5(2-7)8-3-4/h2-3,5H,1H2. The fraction of sp³-hybridized carbons (Fsp3) is 0.400. The van der Waals surface area contributed by atoms with E-state index in [1.54, 1.807) is 6.26 Å². The van der Waals surface area contributed by atoms with Crippen molar-refractivity contribution in [1.29, 1.82) is 0 Å². The third-order valence-electron chi connectivity index (χ3n) is 0.919. The maximum Gasteiger partial charge on any atom is 0.160 e. The summed E-state index contributed by atoms with van der Waals surface area (Å²) in [4.78, 5) is 9.97. The Hall–Kier alpha value is -0.310. The Bertz CT molecular complexity index is 130. The first-order valence-electron chi connectivity index (χ1n) is 2.28. The molecule has 1 atom stereocenters. The van der Waals surface area contributed by atoms with Crippen LogP contribution in [0.15, 0.2) is 10.7 Å². The van der Waals surface area contributed by atoms with Gasteiger partial charge in [0.15, 0.2) is 12.4 Å². The van der Waals surface area contributed by atoms with Crippen molar-refractivity contribution < 1.29 is 9.53 Å². The van der Waals surface area contributed by atoms with Crippen molar-refractivity contribution in [3.05, 3.63) is 10.7 Å². The minimum absolute atomic E-state index is 0.246. The molecule has 0 bridgehead atoms. The minimum Gasteiger partial charge on any atom is -0.489 e. The number of halogens is 1. The maximum absolute atomic E-state index is 9.97. The zero-order valence-corrected chi connectivity index (χ0v) is 5.72. The summed E-state index contributed by atoms with van der Waals surface area (Å²) in [5.74, 6) is 0. The first kappa shape index (κ1) is 5.82. The number of rotatable bonds is 1. The number of carbonyl (C=O) groups excluding carboxylic acids is 1. The van der Waals surface area contributed by atoms with Crippen LogP contribution < -0.4 is 0 Å². The van der Waals surface area contributed by atoms with Crippen LogP contribution in [-0.4, -0.2) is 12.4 Å². The summed E-state index contributed by atoms with van der Waals surface area (Å²) in [6.45, 7) is 0. The molecule has 1 aliphatic heterocycles. The summed E-state index contributed by atoms with van der Waals surface area (Å²) in [7, 11) is 0. The summed E-state index contributed by atoms with van der Waals surface area (Å²) >= 11 is 3.20. The number of hydrogen-bond donors (Lipinski definition) is 0. The van der Waals surface area contributed by atoms with Crippen molar-refractivity contribution in [2.75, 3.05) is 0 Å². The molecule has 1 rings (SSSR count).